The Morgan fingerprint density at radius 1 is 1.29 bits per heavy atom. The van der Waals surface area contributed by atoms with Crippen molar-refractivity contribution < 1.29 is 9.53 Å². The van der Waals surface area contributed by atoms with Gasteiger partial charge in [-0.15, -0.1) is 0 Å². The van der Waals surface area contributed by atoms with Crippen LogP contribution in [0.2, 0.25) is 0 Å². The molecular formula is C18H22N4O2. The molecule has 1 amide bonds. The van der Waals surface area contributed by atoms with E-state index in [0.29, 0.717) is 18.1 Å². The lowest BCUT2D eigenvalue weighted by Crippen LogP contribution is -2.48. The first kappa shape index (κ1) is 16.2. The third-order valence-electron chi connectivity index (χ3n) is 4.03. The molecule has 6 nitrogen and oxygen atoms in total. The molecule has 6 heteroatoms. The summed E-state index contributed by atoms with van der Waals surface area (Å²) in [6, 6.07) is 9.46. The number of pyridine rings is 2. The number of rotatable bonds is 5. The van der Waals surface area contributed by atoms with Crippen LogP contribution in [0.4, 0.5) is 5.82 Å². The summed E-state index contributed by atoms with van der Waals surface area (Å²) in [5.74, 6) is 1.20. The Balaban J connectivity index is 1.66. The zero-order valence-electron chi connectivity index (χ0n) is 13.8. The fraction of sp³-hybridized carbons (Fsp3) is 0.389. The first-order chi connectivity index (χ1) is 11.8. The van der Waals surface area contributed by atoms with E-state index in [1.54, 1.807) is 24.5 Å². The second kappa shape index (κ2) is 7.77. The Hall–Kier alpha value is -2.63. The molecule has 3 heterocycles. The Morgan fingerprint density at radius 2 is 2.17 bits per heavy atom. The van der Waals surface area contributed by atoms with E-state index in [0.717, 1.165) is 31.7 Å². The van der Waals surface area contributed by atoms with Crippen molar-refractivity contribution in [1.29, 1.82) is 0 Å². The van der Waals surface area contributed by atoms with E-state index in [1.165, 1.54) is 0 Å². The van der Waals surface area contributed by atoms with Gasteiger partial charge in [-0.1, -0.05) is 6.07 Å². The number of nitrogens with zero attached hydrogens (tertiary/aromatic N) is 3. The molecule has 1 atom stereocenters. The number of nitrogens with one attached hydrogen (secondary N) is 1. The van der Waals surface area contributed by atoms with E-state index in [2.05, 4.69) is 20.2 Å². The van der Waals surface area contributed by atoms with Crippen LogP contribution in [0.15, 0.2) is 42.7 Å². The molecule has 3 rings (SSSR count). The summed E-state index contributed by atoms with van der Waals surface area (Å²) >= 11 is 0. The number of piperidine rings is 1. The van der Waals surface area contributed by atoms with E-state index in [4.69, 9.17) is 4.74 Å². The minimum atomic E-state index is -0.139. The van der Waals surface area contributed by atoms with Gasteiger partial charge in [0.2, 0.25) is 5.88 Å². The summed E-state index contributed by atoms with van der Waals surface area (Å²) in [6.45, 7) is 4.07. The van der Waals surface area contributed by atoms with E-state index >= 15 is 0 Å². The molecule has 2 aromatic rings. The van der Waals surface area contributed by atoms with E-state index in [-0.39, 0.29) is 11.9 Å². The zero-order chi connectivity index (χ0) is 16.8. The smallest absolute Gasteiger partial charge is 0.257 e. The SMILES string of the molecule is CCOc1ncccc1C(=O)N[C@H]1CCCN(c2ccccn2)C1. The maximum absolute atomic E-state index is 12.6. The summed E-state index contributed by atoms with van der Waals surface area (Å²) in [5, 5.41) is 3.11. The Morgan fingerprint density at radius 3 is 2.96 bits per heavy atom. The second-order valence-corrected chi connectivity index (χ2v) is 5.74. The summed E-state index contributed by atoms with van der Waals surface area (Å²) in [6.07, 6.45) is 5.40. The number of ether oxygens (including phenoxy) is 1. The van der Waals surface area contributed by atoms with Crippen molar-refractivity contribution in [3.05, 3.63) is 48.3 Å². The van der Waals surface area contributed by atoms with Crippen molar-refractivity contribution in [1.82, 2.24) is 15.3 Å². The van der Waals surface area contributed by atoms with Crippen molar-refractivity contribution in [3.63, 3.8) is 0 Å². The predicted octanol–water partition coefficient (Wildman–Crippen LogP) is 2.27. The molecule has 0 aromatic carbocycles. The quantitative estimate of drug-likeness (QED) is 0.913. The van der Waals surface area contributed by atoms with Gasteiger partial charge in [0.05, 0.1) is 6.61 Å². The number of hydrogen-bond donors (Lipinski definition) is 1. The first-order valence-corrected chi connectivity index (χ1v) is 8.32. The van der Waals surface area contributed by atoms with Crippen molar-refractivity contribution in [2.75, 3.05) is 24.6 Å². The van der Waals surface area contributed by atoms with Gasteiger partial charge in [-0.25, -0.2) is 9.97 Å². The number of carbonyl (C=O) groups is 1. The van der Waals surface area contributed by atoms with Crippen LogP contribution >= 0.6 is 0 Å². The molecular weight excluding hydrogens is 304 g/mol. The van der Waals surface area contributed by atoms with E-state index < -0.39 is 0 Å². The molecule has 0 aliphatic carbocycles. The maximum atomic E-state index is 12.6. The van der Waals surface area contributed by atoms with Gasteiger partial charge in [-0.3, -0.25) is 4.79 Å². The zero-order valence-corrected chi connectivity index (χ0v) is 13.8. The van der Waals surface area contributed by atoms with Gasteiger partial charge in [-0.2, -0.15) is 0 Å². The molecule has 0 unspecified atom stereocenters. The maximum Gasteiger partial charge on any atom is 0.257 e. The molecule has 1 aliphatic heterocycles. The van der Waals surface area contributed by atoms with Crippen LogP contribution in [0.25, 0.3) is 0 Å². The summed E-state index contributed by atoms with van der Waals surface area (Å²) in [7, 11) is 0. The van der Waals surface area contributed by atoms with Gasteiger partial charge < -0.3 is 15.0 Å². The van der Waals surface area contributed by atoms with Crippen LogP contribution in [0.5, 0.6) is 5.88 Å². The van der Waals surface area contributed by atoms with Crippen LogP contribution in [-0.2, 0) is 0 Å². The highest BCUT2D eigenvalue weighted by Gasteiger charge is 2.24. The van der Waals surface area contributed by atoms with Crippen molar-refractivity contribution >= 4 is 11.7 Å². The minimum Gasteiger partial charge on any atom is -0.477 e. The summed E-state index contributed by atoms with van der Waals surface area (Å²) in [4.78, 5) is 23.3. The van der Waals surface area contributed by atoms with Gasteiger partial charge in [0.15, 0.2) is 0 Å². The van der Waals surface area contributed by atoms with Crippen molar-refractivity contribution in [2.45, 2.75) is 25.8 Å². The van der Waals surface area contributed by atoms with Crippen LogP contribution in [0, 0.1) is 0 Å². The third kappa shape index (κ3) is 3.82. The predicted molar refractivity (Wildman–Crippen MR) is 92.3 cm³/mol. The standard InChI is InChI=1S/C18H22N4O2/c1-2-24-18-15(8-5-11-20-18)17(23)21-14-7-6-12-22(13-14)16-9-3-4-10-19-16/h3-5,8-11,14H,2,6-7,12-13H2,1H3,(H,21,23)/t14-/m0/s1. The number of amides is 1. The topological polar surface area (TPSA) is 67.3 Å². The van der Waals surface area contributed by atoms with Gasteiger partial charge in [0, 0.05) is 31.5 Å². The van der Waals surface area contributed by atoms with Crippen LogP contribution in [0.1, 0.15) is 30.1 Å². The molecule has 1 fully saturated rings. The Kier molecular flexibility index (Phi) is 5.25. The largest absolute Gasteiger partial charge is 0.477 e. The highest BCUT2D eigenvalue weighted by molar-refractivity contribution is 5.96. The number of hydrogen-bond acceptors (Lipinski definition) is 5. The summed E-state index contributed by atoms with van der Waals surface area (Å²) < 4.78 is 5.45. The lowest BCUT2D eigenvalue weighted by atomic mass is 10.1. The van der Waals surface area contributed by atoms with E-state index in [9.17, 15) is 4.79 Å². The van der Waals surface area contributed by atoms with Crippen LogP contribution < -0.4 is 15.0 Å². The highest BCUT2D eigenvalue weighted by atomic mass is 16.5. The summed E-state index contributed by atoms with van der Waals surface area (Å²) in [5.41, 5.74) is 0.481. The average molecular weight is 326 g/mol. The third-order valence-corrected chi connectivity index (χ3v) is 4.03. The second-order valence-electron chi connectivity index (χ2n) is 5.74. The number of carbonyl (C=O) groups excluding carboxylic acids is 1. The fourth-order valence-corrected chi connectivity index (χ4v) is 2.92. The molecule has 24 heavy (non-hydrogen) atoms. The monoisotopic (exact) mass is 326 g/mol. The van der Waals surface area contributed by atoms with Crippen LogP contribution in [0.3, 0.4) is 0 Å². The molecule has 0 radical (unpaired) electrons. The Labute approximate surface area is 141 Å². The molecule has 2 aromatic heterocycles. The van der Waals surface area contributed by atoms with E-state index in [1.807, 2.05) is 25.1 Å². The number of anilines is 1. The molecule has 0 spiro atoms. The lowest BCUT2D eigenvalue weighted by molar-refractivity contribution is 0.0928. The van der Waals surface area contributed by atoms with Gasteiger partial charge in [0.25, 0.3) is 5.91 Å². The average Bonchev–Trinajstić information content (AvgIpc) is 2.63. The minimum absolute atomic E-state index is 0.0861. The highest BCUT2D eigenvalue weighted by Crippen LogP contribution is 2.19. The van der Waals surface area contributed by atoms with Crippen LogP contribution in [-0.4, -0.2) is 41.6 Å². The molecule has 1 aliphatic rings. The molecule has 0 saturated carbocycles. The van der Waals surface area contributed by atoms with Gasteiger partial charge in [0.1, 0.15) is 11.4 Å². The van der Waals surface area contributed by atoms with Gasteiger partial charge >= 0.3 is 0 Å². The molecule has 0 bridgehead atoms. The lowest BCUT2D eigenvalue weighted by Gasteiger charge is -2.34. The van der Waals surface area contributed by atoms with Crippen molar-refractivity contribution in [3.8, 4) is 5.88 Å². The number of aromatic nitrogens is 2. The van der Waals surface area contributed by atoms with Crippen molar-refractivity contribution in [2.24, 2.45) is 0 Å². The van der Waals surface area contributed by atoms with Gasteiger partial charge in [-0.05, 0) is 44.0 Å². The normalized spacial score (nSPS) is 17.4. The first-order valence-electron chi connectivity index (χ1n) is 8.32. The molecule has 1 saturated heterocycles. The molecule has 1 N–H and O–H groups in total. The Bertz CT molecular complexity index is 678. The molecule has 126 valence electrons. The fourth-order valence-electron chi connectivity index (χ4n) is 2.92.